The molecule has 0 saturated heterocycles. The number of fused-ring (bicyclic) bond motifs is 2. The summed E-state index contributed by atoms with van der Waals surface area (Å²) < 4.78 is 1.09. The van der Waals surface area contributed by atoms with E-state index in [1.54, 1.807) is 0 Å². The highest BCUT2D eigenvalue weighted by Crippen LogP contribution is 2.33. The lowest BCUT2D eigenvalue weighted by Gasteiger charge is -2.16. The first-order valence-corrected chi connectivity index (χ1v) is 8.80. The van der Waals surface area contributed by atoms with Crippen molar-refractivity contribution in [1.29, 1.82) is 0 Å². The number of carboxylic acids is 1. The number of rotatable bonds is 3. The van der Waals surface area contributed by atoms with Crippen molar-refractivity contribution in [3.05, 3.63) is 51.4 Å². The van der Waals surface area contributed by atoms with Crippen LogP contribution >= 0.6 is 11.3 Å². The Morgan fingerprint density at radius 3 is 2.83 bits per heavy atom. The molecule has 2 heterocycles. The van der Waals surface area contributed by atoms with Crippen LogP contribution in [0.15, 0.2) is 34.7 Å². The molecule has 0 fully saturated rings. The molecule has 0 saturated carbocycles. The Morgan fingerprint density at radius 1 is 1.25 bits per heavy atom. The van der Waals surface area contributed by atoms with Gasteiger partial charge in [0.05, 0.1) is 24.2 Å². The molecule has 3 aromatic rings. The monoisotopic (exact) mass is 339 g/mol. The smallest absolute Gasteiger partial charge is 0.263 e. The Kier molecular flexibility index (Phi) is 3.69. The molecule has 24 heavy (non-hydrogen) atoms. The number of carbonyl (C=O) groups excluding carboxylic acids is 1. The number of hydrogen-bond donors (Lipinski definition) is 0. The fraction of sp³-hybridized carbons (Fsp3) is 0.278. The molecule has 0 aliphatic heterocycles. The zero-order valence-corrected chi connectivity index (χ0v) is 13.8. The van der Waals surface area contributed by atoms with Crippen LogP contribution in [-0.4, -0.2) is 15.5 Å². The van der Waals surface area contributed by atoms with Crippen molar-refractivity contribution < 1.29 is 9.90 Å². The first kappa shape index (κ1) is 15.1. The molecule has 0 amide bonds. The molecule has 0 atom stereocenters. The predicted molar refractivity (Wildman–Crippen MR) is 91.0 cm³/mol. The second kappa shape index (κ2) is 5.87. The molecule has 0 unspecified atom stereocenters. The number of carbonyl (C=O) groups is 1. The van der Waals surface area contributed by atoms with Gasteiger partial charge in [0, 0.05) is 10.9 Å². The van der Waals surface area contributed by atoms with Gasteiger partial charge in [-0.15, -0.1) is 11.3 Å². The summed E-state index contributed by atoms with van der Waals surface area (Å²) in [5.74, 6) is -1.30. The van der Waals surface area contributed by atoms with Crippen LogP contribution in [0.1, 0.15) is 24.0 Å². The summed E-state index contributed by atoms with van der Waals surface area (Å²) in [6.45, 7) is -0.485. The zero-order valence-electron chi connectivity index (χ0n) is 12.9. The fourth-order valence-corrected chi connectivity index (χ4v) is 4.24. The number of nitrogens with zero attached hydrogens (tertiary/aromatic N) is 2. The van der Waals surface area contributed by atoms with E-state index in [-0.39, 0.29) is 5.56 Å². The molecule has 6 heteroatoms. The van der Waals surface area contributed by atoms with Crippen LogP contribution in [-0.2, 0) is 24.2 Å². The number of thiophene rings is 1. The van der Waals surface area contributed by atoms with Gasteiger partial charge in [0.2, 0.25) is 0 Å². The molecule has 0 bridgehead atoms. The SMILES string of the molecule is O=C([O-])Cn1cnc2scc(-c3ccc4c(c3)CCCC4)c2c1=O. The van der Waals surface area contributed by atoms with Gasteiger partial charge in [-0.05, 0) is 42.4 Å². The highest BCUT2D eigenvalue weighted by atomic mass is 32.1. The molecule has 1 aliphatic rings. The van der Waals surface area contributed by atoms with Crippen molar-refractivity contribution in [3.8, 4) is 11.1 Å². The van der Waals surface area contributed by atoms with Crippen LogP contribution in [0.5, 0.6) is 0 Å². The van der Waals surface area contributed by atoms with Gasteiger partial charge in [-0.1, -0.05) is 18.2 Å². The maximum absolute atomic E-state index is 12.6. The number of carboxylic acid groups (broad SMARTS) is 1. The Balaban J connectivity index is 1.88. The standard InChI is InChI=1S/C18H16N2O3S/c21-15(22)8-20-10-19-17-16(18(20)23)14(9-24-17)13-6-5-11-3-1-2-4-12(11)7-13/h5-7,9-10H,1-4,8H2,(H,21,22)/p-1. The van der Waals surface area contributed by atoms with Crippen LogP contribution in [0.2, 0.25) is 0 Å². The van der Waals surface area contributed by atoms with E-state index in [4.69, 9.17) is 0 Å². The summed E-state index contributed by atoms with van der Waals surface area (Å²) in [6.07, 6.45) is 5.87. The van der Waals surface area contributed by atoms with Gasteiger partial charge < -0.3 is 9.90 Å². The maximum Gasteiger partial charge on any atom is 0.263 e. The van der Waals surface area contributed by atoms with Crippen molar-refractivity contribution >= 4 is 27.5 Å². The molecule has 1 aromatic carbocycles. The van der Waals surface area contributed by atoms with Crippen LogP contribution in [0.3, 0.4) is 0 Å². The van der Waals surface area contributed by atoms with Crippen LogP contribution in [0.25, 0.3) is 21.3 Å². The predicted octanol–water partition coefficient (Wildman–Crippen LogP) is 1.75. The Hall–Kier alpha value is -2.47. The van der Waals surface area contributed by atoms with E-state index in [2.05, 4.69) is 17.1 Å². The quantitative estimate of drug-likeness (QED) is 0.729. The van der Waals surface area contributed by atoms with Gasteiger partial charge in [0.25, 0.3) is 5.56 Å². The van der Waals surface area contributed by atoms with Gasteiger partial charge in [0.1, 0.15) is 4.83 Å². The average molecular weight is 339 g/mol. The number of aromatic nitrogens is 2. The lowest BCUT2D eigenvalue weighted by Crippen LogP contribution is -2.32. The number of aliphatic carboxylic acids is 1. The van der Waals surface area contributed by atoms with Gasteiger partial charge in [-0.2, -0.15) is 0 Å². The van der Waals surface area contributed by atoms with Crippen molar-refractivity contribution in [2.24, 2.45) is 0 Å². The molecule has 1 aliphatic carbocycles. The molecule has 2 aromatic heterocycles. The molecule has 4 rings (SSSR count). The van der Waals surface area contributed by atoms with Gasteiger partial charge in [-0.25, -0.2) is 4.98 Å². The second-order valence-electron chi connectivity index (χ2n) is 6.07. The number of benzene rings is 1. The third kappa shape index (κ3) is 2.53. The lowest BCUT2D eigenvalue weighted by atomic mass is 9.89. The number of aryl methyl sites for hydroxylation is 2. The fourth-order valence-electron chi connectivity index (χ4n) is 3.33. The number of hydrogen-bond acceptors (Lipinski definition) is 5. The third-order valence-corrected chi connectivity index (χ3v) is 5.41. The average Bonchev–Trinajstić information content (AvgIpc) is 3.01. The third-order valence-electron chi connectivity index (χ3n) is 4.52. The van der Waals surface area contributed by atoms with Crippen molar-refractivity contribution in [2.75, 3.05) is 0 Å². The zero-order chi connectivity index (χ0) is 16.7. The van der Waals surface area contributed by atoms with Crippen molar-refractivity contribution in [3.63, 3.8) is 0 Å². The molecule has 0 N–H and O–H groups in total. The minimum absolute atomic E-state index is 0.335. The largest absolute Gasteiger partial charge is 0.548 e. The summed E-state index contributed by atoms with van der Waals surface area (Å²) in [7, 11) is 0. The van der Waals surface area contributed by atoms with E-state index >= 15 is 0 Å². The van der Waals surface area contributed by atoms with E-state index < -0.39 is 12.5 Å². The summed E-state index contributed by atoms with van der Waals surface area (Å²) >= 11 is 1.40. The minimum atomic E-state index is -1.30. The highest BCUT2D eigenvalue weighted by Gasteiger charge is 2.16. The van der Waals surface area contributed by atoms with E-state index in [0.29, 0.717) is 10.2 Å². The van der Waals surface area contributed by atoms with E-state index in [1.165, 1.54) is 41.6 Å². The molecule has 5 nitrogen and oxygen atoms in total. The second-order valence-corrected chi connectivity index (χ2v) is 6.93. The molecule has 122 valence electrons. The summed E-state index contributed by atoms with van der Waals surface area (Å²) in [5, 5.41) is 13.2. The van der Waals surface area contributed by atoms with Gasteiger partial charge in [0.15, 0.2) is 0 Å². The summed E-state index contributed by atoms with van der Waals surface area (Å²) in [4.78, 5) is 28.3. The van der Waals surface area contributed by atoms with Crippen LogP contribution in [0, 0.1) is 0 Å². The Labute approximate surface area is 142 Å². The van der Waals surface area contributed by atoms with Crippen LogP contribution in [0.4, 0.5) is 0 Å². The van der Waals surface area contributed by atoms with E-state index in [9.17, 15) is 14.7 Å². The van der Waals surface area contributed by atoms with Gasteiger partial charge >= 0.3 is 0 Å². The first-order chi connectivity index (χ1) is 11.6. The molecule has 0 spiro atoms. The van der Waals surface area contributed by atoms with Gasteiger partial charge in [-0.3, -0.25) is 9.36 Å². The molecular weight excluding hydrogens is 324 g/mol. The van der Waals surface area contributed by atoms with E-state index in [1.807, 2.05) is 11.4 Å². The normalized spacial score (nSPS) is 13.8. The maximum atomic E-state index is 12.6. The first-order valence-electron chi connectivity index (χ1n) is 7.92. The lowest BCUT2D eigenvalue weighted by molar-refractivity contribution is -0.306. The Bertz CT molecular complexity index is 1000. The van der Waals surface area contributed by atoms with Crippen molar-refractivity contribution in [1.82, 2.24) is 9.55 Å². The summed E-state index contributed by atoms with van der Waals surface area (Å²) in [5.41, 5.74) is 4.22. The Morgan fingerprint density at radius 2 is 2.04 bits per heavy atom. The summed E-state index contributed by atoms with van der Waals surface area (Å²) in [6, 6.07) is 6.34. The topological polar surface area (TPSA) is 75.0 Å². The van der Waals surface area contributed by atoms with E-state index in [0.717, 1.165) is 28.5 Å². The highest BCUT2D eigenvalue weighted by molar-refractivity contribution is 7.17. The molecular formula is C18H15N2O3S-. The minimum Gasteiger partial charge on any atom is -0.548 e. The molecule has 0 radical (unpaired) electrons. The van der Waals surface area contributed by atoms with Crippen LogP contribution < -0.4 is 10.7 Å². The van der Waals surface area contributed by atoms with Crippen molar-refractivity contribution in [2.45, 2.75) is 32.2 Å².